The molecule has 0 atom stereocenters. The van der Waals surface area contributed by atoms with Crippen LogP contribution in [0.25, 0.3) is 0 Å². The number of carbonyl (C=O) groups is 1. The predicted molar refractivity (Wildman–Crippen MR) is 98.0 cm³/mol. The van der Waals surface area contributed by atoms with Gasteiger partial charge in [0.2, 0.25) is 5.91 Å². The van der Waals surface area contributed by atoms with Gasteiger partial charge >= 0.3 is 0 Å². The van der Waals surface area contributed by atoms with Gasteiger partial charge in [-0.3, -0.25) is 9.69 Å². The zero-order valence-corrected chi connectivity index (χ0v) is 14.7. The van der Waals surface area contributed by atoms with Crippen LogP contribution in [-0.4, -0.2) is 48.4 Å². The van der Waals surface area contributed by atoms with Crippen LogP contribution >= 0.6 is 0 Å². The number of aryl methyl sites for hydroxylation is 1. The number of amides is 1. The van der Waals surface area contributed by atoms with Crippen molar-refractivity contribution in [3.63, 3.8) is 0 Å². The van der Waals surface area contributed by atoms with Crippen LogP contribution in [0.3, 0.4) is 0 Å². The van der Waals surface area contributed by atoms with Gasteiger partial charge in [-0.2, -0.15) is 0 Å². The highest BCUT2D eigenvalue weighted by Gasteiger charge is 2.21. The van der Waals surface area contributed by atoms with E-state index in [4.69, 9.17) is 0 Å². The molecule has 0 radical (unpaired) electrons. The largest absolute Gasteiger partial charge is 0.340 e. The molecule has 1 heterocycles. The highest BCUT2D eigenvalue weighted by atomic mass is 19.1. The molecule has 1 aliphatic rings. The summed E-state index contributed by atoms with van der Waals surface area (Å²) >= 11 is 0. The number of piperazine rings is 1. The molecule has 1 fully saturated rings. The van der Waals surface area contributed by atoms with E-state index in [1.54, 1.807) is 6.07 Å². The second-order valence-corrected chi connectivity index (χ2v) is 6.73. The van der Waals surface area contributed by atoms with Gasteiger partial charge < -0.3 is 4.90 Å². The molecule has 0 unspecified atom stereocenters. The number of benzene rings is 2. The molecule has 1 saturated heterocycles. The average molecular weight is 340 g/mol. The Hall–Kier alpha value is -2.20. The van der Waals surface area contributed by atoms with Crippen molar-refractivity contribution in [2.45, 2.75) is 19.8 Å². The lowest BCUT2D eigenvalue weighted by Gasteiger charge is -2.34. The van der Waals surface area contributed by atoms with E-state index in [0.717, 1.165) is 43.9 Å². The summed E-state index contributed by atoms with van der Waals surface area (Å²) in [5.41, 5.74) is 3.02. The van der Waals surface area contributed by atoms with Gasteiger partial charge in [-0.05, 0) is 30.5 Å². The Morgan fingerprint density at radius 2 is 1.80 bits per heavy atom. The Morgan fingerprint density at radius 3 is 2.52 bits per heavy atom. The molecular formula is C21H25FN2O. The molecule has 0 saturated carbocycles. The maximum Gasteiger partial charge on any atom is 0.227 e. The number of hydrogen-bond acceptors (Lipinski definition) is 2. The lowest BCUT2D eigenvalue weighted by Crippen LogP contribution is -2.49. The number of nitrogens with zero attached hydrogens (tertiary/aromatic N) is 2. The standard InChI is InChI=1S/C21H25FN2O/c1-17-5-4-6-18(15-17)16-21(25)24-13-11-23(12-14-24)10-9-19-7-2-3-8-20(19)22/h2-8,15H,9-14,16H2,1H3. The first kappa shape index (κ1) is 17.6. The van der Waals surface area contributed by atoms with Crippen molar-refractivity contribution >= 4 is 5.91 Å². The molecule has 3 rings (SSSR count). The van der Waals surface area contributed by atoms with Crippen molar-refractivity contribution in [2.75, 3.05) is 32.7 Å². The Labute approximate surface area is 149 Å². The first-order chi connectivity index (χ1) is 12.1. The predicted octanol–water partition coefficient (Wildman–Crippen LogP) is 3.06. The molecule has 2 aromatic carbocycles. The van der Waals surface area contributed by atoms with Gasteiger partial charge in [-0.25, -0.2) is 4.39 Å². The molecule has 0 N–H and O–H groups in total. The summed E-state index contributed by atoms with van der Waals surface area (Å²) in [5, 5.41) is 0. The van der Waals surface area contributed by atoms with Gasteiger partial charge in [0, 0.05) is 32.7 Å². The Bertz CT molecular complexity index is 723. The van der Waals surface area contributed by atoms with E-state index in [1.807, 2.05) is 42.2 Å². The normalized spacial score (nSPS) is 15.4. The fraction of sp³-hybridized carbons (Fsp3) is 0.381. The monoisotopic (exact) mass is 340 g/mol. The van der Waals surface area contributed by atoms with E-state index in [-0.39, 0.29) is 11.7 Å². The maximum absolute atomic E-state index is 13.7. The number of rotatable bonds is 5. The van der Waals surface area contributed by atoms with Crippen molar-refractivity contribution in [2.24, 2.45) is 0 Å². The van der Waals surface area contributed by atoms with E-state index in [1.165, 1.54) is 11.6 Å². The van der Waals surface area contributed by atoms with Crippen molar-refractivity contribution in [3.8, 4) is 0 Å². The molecule has 3 nitrogen and oxygen atoms in total. The molecule has 1 amide bonds. The first-order valence-corrected chi connectivity index (χ1v) is 8.91. The summed E-state index contributed by atoms with van der Waals surface area (Å²) in [4.78, 5) is 16.7. The van der Waals surface area contributed by atoms with E-state index < -0.39 is 0 Å². The van der Waals surface area contributed by atoms with Crippen LogP contribution in [0.15, 0.2) is 48.5 Å². The van der Waals surface area contributed by atoms with Gasteiger partial charge in [0.1, 0.15) is 5.82 Å². The molecule has 2 aromatic rings. The molecule has 0 bridgehead atoms. The minimum absolute atomic E-state index is 0.130. The average Bonchev–Trinajstić information content (AvgIpc) is 2.61. The number of hydrogen-bond donors (Lipinski definition) is 0. The third-order valence-electron chi connectivity index (χ3n) is 4.82. The summed E-state index contributed by atoms with van der Waals surface area (Å²) in [6, 6.07) is 15.1. The smallest absolute Gasteiger partial charge is 0.227 e. The quantitative estimate of drug-likeness (QED) is 0.835. The zero-order valence-electron chi connectivity index (χ0n) is 14.7. The van der Waals surface area contributed by atoms with Crippen molar-refractivity contribution in [1.29, 1.82) is 0 Å². The van der Waals surface area contributed by atoms with Crippen LogP contribution in [0, 0.1) is 12.7 Å². The number of halogens is 1. The van der Waals surface area contributed by atoms with E-state index in [9.17, 15) is 9.18 Å². The summed E-state index contributed by atoms with van der Waals surface area (Å²) < 4.78 is 13.7. The molecular weight excluding hydrogens is 315 g/mol. The fourth-order valence-electron chi connectivity index (χ4n) is 3.31. The van der Waals surface area contributed by atoms with Crippen LogP contribution < -0.4 is 0 Å². The molecule has 0 aliphatic carbocycles. The van der Waals surface area contributed by atoms with Gasteiger partial charge in [0.15, 0.2) is 0 Å². The molecule has 0 aromatic heterocycles. The number of carbonyl (C=O) groups excluding carboxylic acids is 1. The second-order valence-electron chi connectivity index (χ2n) is 6.73. The van der Waals surface area contributed by atoms with Crippen molar-refractivity contribution in [3.05, 3.63) is 71.0 Å². The lowest BCUT2D eigenvalue weighted by molar-refractivity contribution is -0.132. The molecule has 0 spiro atoms. The van der Waals surface area contributed by atoms with Crippen molar-refractivity contribution < 1.29 is 9.18 Å². The Balaban J connectivity index is 1.45. The van der Waals surface area contributed by atoms with Crippen LogP contribution in [0.4, 0.5) is 4.39 Å². The van der Waals surface area contributed by atoms with Gasteiger partial charge in [-0.15, -0.1) is 0 Å². The van der Waals surface area contributed by atoms with Gasteiger partial charge in [0.05, 0.1) is 6.42 Å². The molecule has 1 aliphatic heterocycles. The summed E-state index contributed by atoms with van der Waals surface area (Å²) in [6.45, 7) is 6.09. The maximum atomic E-state index is 13.7. The van der Waals surface area contributed by atoms with Crippen LogP contribution in [0.5, 0.6) is 0 Å². The van der Waals surface area contributed by atoms with E-state index >= 15 is 0 Å². The second kappa shape index (κ2) is 8.26. The molecule has 25 heavy (non-hydrogen) atoms. The van der Waals surface area contributed by atoms with Gasteiger partial charge in [0.25, 0.3) is 0 Å². The lowest BCUT2D eigenvalue weighted by atomic mass is 10.1. The minimum atomic E-state index is -0.130. The van der Waals surface area contributed by atoms with Crippen LogP contribution in [0.1, 0.15) is 16.7 Å². The summed E-state index contributed by atoms with van der Waals surface area (Å²) in [7, 11) is 0. The van der Waals surface area contributed by atoms with Crippen LogP contribution in [-0.2, 0) is 17.6 Å². The Kier molecular flexibility index (Phi) is 5.82. The summed E-state index contributed by atoms with van der Waals surface area (Å²) in [5.74, 6) is 0.0637. The SMILES string of the molecule is Cc1cccc(CC(=O)N2CCN(CCc3ccccc3F)CC2)c1. The third-order valence-corrected chi connectivity index (χ3v) is 4.82. The van der Waals surface area contributed by atoms with Crippen LogP contribution in [0.2, 0.25) is 0 Å². The first-order valence-electron chi connectivity index (χ1n) is 8.91. The zero-order chi connectivity index (χ0) is 17.6. The summed E-state index contributed by atoms with van der Waals surface area (Å²) in [6.07, 6.45) is 1.18. The topological polar surface area (TPSA) is 23.6 Å². The van der Waals surface area contributed by atoms with Gasteiger partial charge in [-0.1, -0.05) is 48.0 Å². The Morgan fingerprint density at radius 1 is 1.04 bits per heavy atom. The highest BCUT2D eigenvalue weighted by molar-refractivity contribution is 5.79. The van der Waals surface area contributed by atoms with E-state index in [0.29, 0.717) is 12.8 Å². The fourth-order valence-corrected chi connectivity index (χ4v) is 3.31. The third kappa shape index (κ3) is 4.89. The van der Waals surface area contributed by atoms with E-state index in [2.05, 4.69) is 11.0 Å². The highest BCUT2D eigenvalue weighted by Crippen LogP contribution is 2.11. The minimum Gasteiger partial charge on any atom is -0.340 e. The van der Waals surface area contributed by atoms with Crippen molar-refractivity contribution in [1.82, 2.24) is 9.80 Å². The molecule has 4 heteroatoms. The molecule has 132 valence electrons.